The number of aromatic nitrogens is 2. The third kappa shape index (κ3) is 4.79. The van der Waals surface area contributed by atoms with Crippen LogP contribution < -0.4 is 5.32 Å². The third-order valence-electron chi connectivity index (χ3n) is 2.46. The number of ether oxygens (including phenoxy) is 1. The van der Waals surface area contributed by atoms with Crippen molar-refractivity contribution in [3.8, 4) is 0 Å². The fourth-order valence-electron chi connectivity index (χ4n) is 1.68. The number of nitrogens with one attached hydrogen (secondary N) is 1. The topological polar surface area (TPSA) is 64.1 Å². The number of amides is 1. The molecule has 0 saturated heterocycles. The van der Waals surface area contributed by atoms with Crippen molar-refractivity contribution in [3.05, 3.63) is 23.3 Å². The van der Waals surface area contributed by atoms with Crippen molar-refractivity contribution in [2.75, 3.05) is 13.2 Å². The second-order valence-electron chi connectivity index (χ2n) is 4.21. The van der Waals surface area contributed by atoms with E-state index in [4.69, 9.17) is 4.74 Å². The number of nitrogens with zero attached hydrogens (tertiary/aromatic N) is 2. The van der Waals surface area contributed by atoms with Gasteiger partial charge in [-0.2, -0.15) is 0 Å². The molecule has 0 spiro atoms. The van der Waals surface area contributed by atoms with Gasteiger partial charge in [-0.05, 0) is 33.8 Å². The fourth-order valence-corrected chi connectivity index (χ4v) is 1.68. The lowest BCUT2D eigenvalue weighted by Gasteiger charge is -2.11. The Morgan fingerprint density at radius 2 is 2.00 bits per heavy atom. The maximum atomic E-state index is 11.6. The molecule has 1 aromatic rings. The molecule has 0 aliphatic carbocycles. The van der Waals surface area contributed by atoms with Gasteiger partial charge in [0.1, 0.15) is 11.9 Å². The van der Waals surface area contributed by atoms with E-state index in [9.17, 15) is 4.79 Å². The highest BCUT2D eigenvalue weighted by Crippen LogP contribution is 1.99. The summed E-state index contributed by atoms with van der Waals surface area (Å²) in [5.41, 5.74) is 1.90. The normalized spacial score (nSPS) is 12.2. The second-order valence-corrected chi connectivity index (χ2v) is 4.21. The zero-order valence-electron chi connectivity index (χ0n) is 11.5. The van der Waals surface area contributed by atoms with Crippen LogP contribution in [0.25, 0.3) is 0 Å². The smallest absolute Gasteiger partial charge is 0.248 e. The quantitative estimate of drug-likeness (QED) is 0.824. The minimum absolute atomic E-state index is 0.0961. The van der Waals surface area contributed by atoms with Crippen molar-refractivity contribution < 1.29 is 9.53 Å². The van der Waals surface area contributed by atoms with E-state index >= 15 is 0 Å². The van der Waals surface area contributed by atoms with Gasteiger partial charge in [-0.15, -0.1) is 0 Å². The first-order valence-corrected chi connectivity index (χ1v) is 6.23. The Hall–Kier alpha value is -1.49. The van der Waals surface area contributed by atoms with E-state index < -0.39 is 6.10 Å². The van der Waals surface area contributed by atoms with E-state index in [1.54, 1.807) is 6.92 Å². The van der Waals surface area contributed by atoms with Crippen LogP contribution in [0.5, 0.6) is 0 Å². The average Bonchev–Trinajstić information content (AvgIpc) is 2.27. The lowest BCUT2D eigenvalue weighted by Crippen LogP contribution is -2.35. The number of hydrogen-bond acceptors (Lipinski definition) is 4. The first-order chi connectivity index (χ1) is 8.52. The van der Waals surface area contributed by atoms with Crippen molar-refractivity contribution in [2.24, 2.45) is 0 Å². The van der Waals surface area contributed by atoms with Gasteiger partial charge in [-0.25, -0.2) is 9.97 Å². The lowest BCUT2D eigenvalue weighted by molar-refractivity contribution is -0.131. The Morgan fingerprint density at radius 3 is 2.56 bits per heavy atom. The Balaban J connectivity index is 2.39. The van der Waals surface area contributed by atoms with Gasteiger partial charge in [0.25, 0.3) is 0 Å². The minimum atomic E-state index is -0.407. The SMILES string of the molecule is CCO[C@H](C)C(=O)NCCc1nc(C)cc(C)n1. The molecule has 0 radical (unpaired) electrons. The molecule has 5 heteroatoms. The summed E-state index contributed by atoms with van der Waals surface area (Å²) in [7, 11) is 0. The molecule has 0 bridgehead atoms. The average molecular weight is 251 g/mol. The summed E-state index contributed by atoms with van der Waals surface area (Å²) in [5, 5.41) is 2.81. The highest BCUT2D eigenvalue weighted by molar-refractivity contribution is 5.80. The monoisotopic (exact) mass is 251 g/mol. The zero-order valence-corrected chi connectivity index (χ0v) is 11.5. The zero-order chi connectivity index (χ0) is 13.5. The second kappa shape index (κ2) is 7.06. The number of rotatable bonds is 6. The van der Waals surface area contributed by atoms with Gasteiger partial charge in [0.2, 0.25) is 5.91 Å². The van der Waals surface area contributed by atoms with Crippen LogP contribution in [0.4, 0.5) is 0 Å². The summed E-state index contributed by atoms with van der Waals surface area (Å²) >= 11 is 0. The molecule has 0 saturated carbocycles. The molecular weight excluding hydrogens is 230 g/mol. The number of carbonyl (C=O) groups is 1. The van der Waals surface area contributed by atoms with Gasteiger partial charge < -0.3 is 10.1 Å². The maximum Gasteiger partial charge on any atom is 0.248 e. The van der Waals surface area contributed by atoms with Crippen LogP contribution in [0.15, 0.2) is 6.07 Å². The molecule has 1 N–H and O–H groups in total. The summed E-state index contributed by atoms with van der Waals surface area (Å²) in [4.78, 5) is 20.2. The predicted molar refractivity (Wildman–Crippen MR) is 69.3 cm³/mol. The Labute approximate surface area is 108 Å². The molecule has 1 rings (SSSR count). The van der Waals surface area contributed by atoms with Crippen LogP contribution in [0, 0.1) is 13.8 Å². The lowest BCUT2D eigenvalue weighted by atomic mass is 10.3. The highest BCUT2D eigenvalue weighted by Gasteiger charge is 2.11. The van der Waals surface area contributed by atoms with Gasteiger partial charge in [0, 0.05) is 31.0 Å². The van der Waals surface area contributed by atoms with Crippen LogP contribution in [0.1, 0.15) is 31.1 Å². The summed E-state index contributed by atoms with van der Waals surface area (Å²) in [6.07, 6.45) is 0.225. The van der Waals surface area contributed by atoms with E-state index in [1.807, 2.05) is 26.8 Å². The van der Waals surface area contributed by atoms with E-state index in [-0.39, 0.29) is 5.91 Å². The molecule has 1 heterocycles. The molecule has 0 aliphatic rings. The molecule has 5 nitrogen and oxygen atoms in total. The predicted octanol–water partition coefficient (Wildman–Crippen LogP) is 1.18. The van der Waals surface area contributed by atoms with Crippen LogP contribution in [-0.2, 0) is 16.0 Å². The van der Waals surface area contributed by atoms with Gasteiger partial charge in [0.05, 0.1) is 0 Å². The number of carbonyl (C=O) groups excluding carboxylic acids is 1. The van der Waals surface area contributed by atoms with E-state index in [0.717, 1.165) is 17.2 Å². The summed E-state index contributed by atoms with van der Waals surface area (Å²) in [5.74, 6) is 0.665. The first-order valence-electron chi connectivity index (χ1n) is 6.23. The van der Waals surface area contributed by atoms with Crippen molar-refractivity contribution >= 4 is 5.91 Å². The van der Waals surface area contributed by atoms with Crippen molar-refractivity contribution in [1.29, 1.82) is 0 Å². The van der Waals surface area contributed by atoms with Gasteiger partial charge in [-0.3, -0.25) is 4.79 Å². The maximum absolute atomic E-state index is 11.6. The molecule has 100 valence electrons. The molecule has 0 aliphatic heterocycles. The van der Waals surface area contributed by atoms with Crippen molar-refractivity contribution in [1.82, 2.24) is 15.3 Å². The Bertz CT molecular complexity index is 387. The molecule has 1 aromatic heterocycles. The van der Waals surface area contributed by atoms with Gasteiger partial charge >= 0.3 is 0 Å². The van der Waals surface area contributed by atoms with Crippen LogP contribution >= 0.6 is 0 Å². The summed E-state index contributed by atoms with van der Waals surface area (Å²) in [6.45, 7) is 8.55. The summed E-state index contributed by atoms with van der Waals surface area (Å²) in [6, 6.07) is 1.93. The molecule has 1 atom stereocenters. The van der Waals surface area contributed by atoms with Crippen molar-refractivity contribution in [2.45, 2.75) is 40.2 Å². The van der Waals surface area contributed by atoms with E-state index in [1.165, 1.54) is 0 Å². The fraction of sp³-hybridized carbons (Fsp3) is 0.615. The Kier molecular flexibility index (Phi) is 5.71. The molecule has 1 amide bonds. The molecule has 0 aromatic carbocycles. The largest absolute Gasteiger partial charge is 0.369 e. The molecule has 0 unspecified atom stereocenters. The van der Waals surface area contributed by atoms with Crippen LogP contribution in [0.3, 0.4) is 0 Å². The molecule has 18 heavy (non-hydrogen) atoms. The minimum Gasteiger partial charge on any atom is -0.369 e. The van der Waals surface area contributed by atoms with Crippen LogP contribution in [-0.4, -0.2) is 35.1 Å². The van der Waals surface area contributed by atoms with E-state index in [0.29, 0.717) is 19.6 Å². The molecule has 0 fully saturated rings. The van der Waals surface area contributed by atoms with E-state index in [2.05, 4.69) is 15.3 Å². The van der Waals surface area contributed by atoms with Gasteiger partial charge in [-0.1, -0.05) is 0 Å². The number of aryl methyl sites for hydroxylation is 2. The third-order valence-corrected chi connectivity index (χ3v) is 2.46. The summed E-state index contributed by atoms with van der Waals surface area (Å²) < 4.78 is 5.20. The van der Waals surface area contributed by atoms with Gasteiger partial charge in [0.15, 0.2) is 0 Å². The van der Waals surface area contributed by atoms with Crippen molar-refractivity contribution in [3.63, 3.8) is 0 Å². The first kappa shape index (κ1) is 14.6. The molecular formula is C13H21N3O2. The van der Waals surface area contributed by atoms with Crippen LogP contribution in [0.2, 0.25) is 0 Å². The standard InChI is InChI=1S/C13H21N3O2/c1-5-18-11(4)13(17)14-7-6-12-15-9(2)8-10(3)16-12/h8,11H,5-7H2,1-4H3,(H,14,17)/t11-/m1/s1. The Morgan fingerprint density at radius 1 is 1.39 bits per heavy atom. The highest BCUT2D eigenvalue weighted by atomic mass is 16.5. The number of hydrogen-bond donors (Lipinski definition) is 1.